The minimum absolute atomic E-state index is 0.0828. The Hall–Kier alpha value is -1.76. The number of carbonyl (C=O) groups is 1. The van der Waals surface area contributed by atoms with Crippen molar-refractivity contribution >= 4 is 21.8 Å². The van der Waals surface area contributed by atoms with Gasteiger partial charge < -0.3 is 5.32 Å². The van der Waals surface area contributed by atoms with Crippen LogP contribution in [0.3, 0.4) is 0 Å². The predicted octanol–water partition coefficient (Wildman–Crippen LogP) is 1.57. The zero-order chi connectivity index (χ0) is 14.4. The highest BCUT2D eigenvalue weighted by Crippen LogP contribution is 2.12. The summed E-state index contributed by atoms with van der Waals surface area (Å²) in [6.45, 7) is 2.14. The molecule has 106 valence electrons. The van der Waals surface area contributed by atoms with Gasteiger partial charge in [-0.1, -0.05) is 28.1 Å². The number of hydrogen-bond acceptors (Lipinski definition) is 4. The van der Waals surface area contributed by atoms with Crippen LogP contribution in [-0.4, -0.2) is 32.2 Å². The second kappa shape index (κ2) is 7.14. The SMILES string of the molecule is C[C@@H](CCc1ccc(Br)cc1)NC(=O)Cn1cnnn1. The molecule has 1 heterocycles. The van der Waals surface area contributed by atoms with E-state index in [0.717, 1.165) is 17.3 Å². The number of carbonyl (C=O) groups excluding carboxylic acids is 1. The molecule has 0 saturated carbocycles. The molecule has 1 atom stereocenters. The van der Waals surface area contributed by atoms with Crippen LogP contribution in [0.4, 0.5) is 0 Å². The molecule has 7 heteroatoms. The third-order valence-corrected chi connectivity index (χ3v) is 3.41. The molecule has 1 aromatic heterocycles. The summed E-state index contributed by atoms with van der Waals surface area (Å²) in [7, 11) is 0. The molecule has 6 nitrogen and oxygen atoms in total. The third kappa shape index (κ3) is 4.73. The molecule has 20 heavy (non-hydrogen) atoms. The lowest BCUT2D eigenvalue weighted by molar-refractivity contribution is -0.122. The van der Waals surface area contributed by atoms with E-state index < -0.39 is 0 Å². The summed E-state index contributed by atoms with van der Waals surface area (Å²) in [5.74, 6) is -0.0828. The summed E-state index contributed by atoms with van der Waals surface area (Å²) >= 11 is 3.41. The van der Waals surface area contributed by atoms with Crippen molar-refractivity contribution in [1.82, 2.24) is 25.5 Å². The quantitative estimate of drug-likeness (QED) is 0.868. The van der Waals surface area contributed by atoms with Gasteiger partial charge in [-0.05, 0) is 47.9 Å². The van der Waals surface area contributed by atoms with Crippen LogP contribution < -0.4 is 5.32 Å². The summed E-state index contributed by atoms with van der Waals surface area (Å²) in [5, 5.41) is 13.6. The molecule has 0 unspecified atom stereocenters. The third-order valence-electron chi connectivity index (χ3n) is 2.88. The molecule has 0 aliphatic heterocycles. The van der Waals surface area contributed by atoms with Gasteiger partial charge in [0, 0.05) is 10.5 Å². The first kappa shape index (κ1) is 14.6. The Morgan fingerprint density at radius 2 is 2.15 bits per heavy atom. The summed E-state index contributed by atoms with van der Waals surface area (Å²) < 4.78 is 2.47. The molecule has 0 fully saturated rings. The minimum Gasteiger partial charge on any atom is -0.352 e. The van der Waals surface area contributed by atoms with Crippen molar-refractivity contribution in [2.75, 3.05) is 0 Å². The van der Waals surface area contributed by atoms with Crippen molar-refractivity contribution in [2.45, 2.75) is 32.4 Å². The fourth-order valence-corrected chi connectivity index (χ4v) is 2.09. The molecule has 0 spiro atoms. The van der Waals surface area contributed by atoms with Crippen molar-refractivity contribution in [3.63, 3.8) is 0 Å². The molecule has 0 bridgehead atoms. The van der Waals surface area contributed by atoms with Gasteiger partial charge in [0.15, 0.2) is 0 Å². The average Bonchev–Trinajstić information content (AvgIpc) is 2.90. The van der Waals surface area contributed by atoms with Crippen LogP contribution in [-0.2, 0) is 17.8 Å². The molecule has 2 rings (SSSR count). The van der Waals surface area contributed by atoms with Gasteiger partial charge in [-0.25, -0.2) is 4.68 Å². The fraction of sp³-hybridized carbons (Fsp3) is 0.385. The second-order valence-corrected chi connectivity index (χ2v) is 5.56. The Kier molecular flexibility index (Phi) is 5.23. The lowest BCUT2D eigenvalue weighted by atomic mass is 10.1. The molecule has 0 radical (unpaired) electrons. The van der Waals surface area contributed by atoms with Gasteiger partial charge in [-0.3, -0.25) is 4.79 Å². The van der Waals surface area contributed by atoms with Crippen molar-refractivity contribution in [2.24, 2.45) is 0 Å². The summed E-state index contributed by atoms with van der Waals surface area (Å²) in [5.41, 5.74) is 1.26. The van der Waals surface area contributed by atoms with Crippen LogP contribution in [0.2, 0.25) is 0 Å². The van der Waals surface area contributed by atoms with E-state index in [0.29, 0.717) is 0 Å². The van der Waals surface area contributed by atoms with E-state index in [-0.39, 0.29) is 18.5 Å². The summed E-state index contributed by atoms with van der Waals surface area (Å²) in [6.07, 6.45) is 3.24. The van der Waals surface area contributed by atoms with Crippen molar-refractivity contribution in [3.05, 3.63) is 40.6 Å². The van der Waals surface area contributed by atoms with Gasteiger partial charge in [-0.15, -0.1) is 5.10 Å². The van der Waals surface area contributed by atoms with Crippen molar-refractivity contribution in [1.29, 1.82) is 0 Å². The maximum atomic E-state index is 11.7. The molecule has 2 aromatic rings. The minimum atomic E-state index is -0.0828. The number of aromatic nitrogens is 4. The average molecular weight is 338 g/mol. The largest absolute Gasteiger partial charge is 0.352 e. The maximum absolute atomic E-state index is 11.7. The highest BCUT2D eigenvalue weighted by Gasteiger charge is 2.08. The summed E-state index contributed by atoms with van der Waals surface area (Å²) in [4.78, 5) is 11.7. The van der Waals surface area contributed by atoms with Gasteiger partial charge in [0.2, 0.25) is 5.91 Å². The molecule has 1 aromatic carbocycles. The molecular formula is C13H16BrN5O. The van der Waals surface area contributed by atoms with Crippen LogP contribution in [0.5, 0.6) is 0 Å². The van der Waals surface area contributed by atoms with Gasteiger partial charge in [0.05, 0.1) is 0 Å². The molecule has 1 amide bonds. The maximum Gasteiger partial charge on any atom is 0.242 e. The van der Waals surface area contributed by atoms with Crippen molar-refractivity contribution in [3.8, 4) is 0 Å². The van der Waals surface area contributed by atoms with E-state index in [2.05, 4.69) is 48.9 Å². The van der Waals surface area contributed by atoms with E-state index in [1.165, 1.54) is 16.6 Å². The number of halogens is 1. The number of benzene rings is 1. The van der Waals surface area contributed by atoms with E-state index >= 15 is 0 Å². The number of nitrogens with zero attached hydrogens (tertiary/aromatic N) is 4. The first-order chi connectivity index (χ1) is 9.63. The van der Waals surface area contributed by atoms with Crippen molar-refractivity contribution < 1.29 is 4.79 Å². The number of amides is 1. The monoisotopic (exact) mass is 337 g/mol. The smallest absolute Gasteiger partial charge is 0.242 e. The normalized spacial score (nSPS) is 12.1. The fourth-order valence-electron chi connectivity index (χ4n) is 1.83. The van der Waals surface area contributed by atoms with Gasteiger partial charge in [0.1, 0.15) is 12.9 Å². The Bertz CT molecular complexity index is 540. The number of rotatable bonds is 6. The Morgan fingerprint density at radius 3 is 2.80 bits per heavy atom. The Balaban J connectivity index is 1.73. The molecule has 0 aliphatic rings. The topological polar surface area (TPSA) is 72.7 Å². The van der Waals surface area contributed by atoms with Gasteiger partial charge in [-0.2, -0.15) is 0 Å². The number of hydrogen-bond donors (Lipinski definition) is 1. The van der Waals surface area contributed by atoms with E-state index in [1.807, 2.05) is 19.1 Å². The Morgan fingerprint density at radius 1 is 1.40 bits per heavy atom. The Labute approximate surface area is 125 Å². The second-order valence-electron chi connectivity index (χ2n) is 4.64. The van der Waals surface area contributed by atoms with Gasteiger partial charge >= 0.3 is 0 Å². The van der Waals surface area contributed by atoms with Crippen LogP contribution in [0.25, 0.3) is 0 Å². The zero-order valence-electron chi connectivity index (χ0n) is 11.2. The van der Waals surface area contributed by atoms with Crippen LogP contribution in [0.1, 0.15) is 18.9 Å². The first-order valence-corrected chi connectivity index (χ1v) is 7.17. The van der Waals surface area contributed by atoms with Gasteiger partial charge in [0.25, 0.3) is 0 Å². The zero-order valence-corrected chi connectivity index (χ0v) is 12.7. The lowest BCUT2D eigenvalue weighted by Crippen LogP contribution is -2.35. The van der Waals surface area contributed by atoms with E-state index in [4.69, 9.17) is 0 Å². The number of tetrazole rings is 1. The standard InChI is InChI=1S/C13H16BrN5O/c1-10(2-3-11-4-6-12(14)7-5-11)16-13(20)8-19-9-15-17-18-19/h4-7,9-10H,2-3,8H2,1H3,(H,16,20)/t10-/m0/s1. The van der Waals surface area contributed by atoms with E-state index in [1.54, 1.807) is 0 Å². The van der Waals surface area contributed by atoms with Crippen LogP contribution in [0, 0.1) is 0 Å². The highest BCUT2D eigenvalue weighted by atomic mass is 79.9. The molecular weight excluding hydrogens is 322 g/mol. The number of nitrogens with one attached hydrogen (secondary N) is 1. The van der Waals surface area contributed by atoms with E-state index in [9.17, 15) is 4.79 Å². The van der Waals surface area contributed by atoms with Crippen LogP contribution >= 0.6 is 15.9 Å². The number of aryl methyl sites for hydroxylation is 1. The lowest BCUT2D eigenvalue weighted by Gasteiger charge is -2.13. The predicted molar refractivity (Wildman–Crippen MR) is 77.9 cm³/mol. The first-order valence-electron chi connectivity index (χ1n) is 6.38. The molecule has 0 aliphatic carbocycles. The molecule has 0 saturated heterocycles. The van der Waals surface area contributed by atoms with Crippen LogP contribution in [0.15, 0.2) is 35.1 Å². The molecule has 1 N–H and O–H groups in total. The highest BCUT2D eigenvalue weighted by molar-refractivity contribution is 9.10. The summed E-state index contributed by atoms with van der Waals surface area (Å²) in [6, 6.07) is 8.33.